The zero-order valence-corrected chi connectivity index (χ0v) is 14.0. The van der Waals surface area contributed by atoms with Crippen molar-refractivity contribution < 1.29 is 10.0 Å². The van der Waals surface area contributed by atoms with Crippen molar-refractivity contribution in [3.05, 3.63) is 89.5 Å². The summed E-state index contributed by atoms with van der Waals surface area (Å²) in [5, 5.41) is 12.1. The van der Waals surface area contributed by atoms with Crippen LogP contribution in [-0.4, -0.2) is 11.1 Å². The number of carbonyl (C=O) groups excluding carboxylic acids is 1. The molecule has 0 spiro atoms. The van der Waals surface area contributed by atoms with Crippen LogP contribution < -0.4 is 10.8 Å². The van der Waals surface area contributed by atoms with Crippen molar-refractivity contribution in [3.8, 4) is 11.1 Å². The number of aryl methyl sites for hydroxylation is 1. The van der Waals surface area contributed by atoms with E-state index in [1.54, 1.807) is 17.6 Å². The number of hydrogen-bond acceptors (Lipinski definition) is 3. The summed E-state index contributed by atoms with van der Waals surface area (Å²) >= 11 is 0. The molecule has 3 rings (SSSR count). The van der Waals surface area contributed by atoms with Crippen molar-refractivity contribution in [3.63, 3.8) is 0 Å². The largest absolute Gasteiger partial charge is 0.381 e. The third kappa shape index (κ3) is 4.25. The van der Waals surface area contributed by atoms with Gasteiger partial charge in [0.15, 0.2) is 0 Å². The van der Waals surface area contributed by atoms with Crippen molar-refractivity contribution in [2.75, 3.05) is 5.32 Å². The predicted octanol–water partition coefficient (Wildman–Crippen LogP) is 4.39. The van der Waals surface area contributed by atoms with Gasteiger partial charge >= 0.3 is 0 Å². The van der Waals surface area contributed by atoms with Crippen LogP contribution in [0.3, 0.4) is 0 Å². The molecule has 0 radical (unpaired) electrons. The number of carbonyl (C=O) groups is 1. The molecule has 0 saturated carbocycles. The minimum atomic E-state index is -0.514. The normalized spacial score (nSPS) is 10.3. The standard InChI is InChI=1S/C21H20N2O2/c1-15-5-7-16(8-6-15)14-22-20-4-2-3-19(13-20)17-9-11-18(12-10-17)21(24)23-25/h2-13,22,25H,14H2,1H3,(H,23,24). The van der Waals surface area contributed by atoms with Crippen LogP contribution >= 0.6 is 0 Å². The van der Waals surface area contributed by atoms with Gasteiger partial charge in [0.25, 0.3) is 5.91 Å². The van der Waals surface area contributed by atoms with Crippen LogP contribution in [0.1, 0.15) is 21.5 Å². The van der Waals surface area contributed by atoms with Crippen molar-refractivity contribution >= 4 is 11.6 Å². The number of hydroxylamine groups is 1. The van der Waals surface area contributed by atoms with Crippen LogP contribution in [0, 0.1) is 6.92 Å². The Bertz CT molecular complexity index is 856. The second kappa shape index (κ2) is 7.64. The van der Waals surface area contributed by atoms with Crippen molar-refractivity contribution in [1.82, 2.24) is 5.48 Å². The lowest BCUT2D eigenvalue weighted by molar-refractivity contribution is 0.0706. The third-order valence-electron chi connectivity index (χ3n) is 4.06. The van der Waals surface area contributed by atoms with Gasteiger partial charge in [-0.25, -0.2) is 5.48 Å². The highest BCUT2D eigenvalue weighted by Crippen LogP contribution is 2.23. The summed E-state index contributed by atoms with van der Waals surface area (Å²) in [5.41, 5.74) is 7.64. The molecule has 4 nitrogen and oxygen atoms in total. The second-order valence-corrected chi connectivity index (χ2v) is 5.94. The van der Waals surface area contributed by atoms with Gasteiger partial charge in [0, 0.05) is 17.8 Å². The lowest BCUT2D eigenvalue weighted by Crippen LogP contribution is -2.18. The van der Waals surface area contributed by atoms with E-state index in [0.717, 1.165) is 23.4 Å². The Hall–Kier alpha value is -3.11. The predicted molar refractivity (Wildman–Crippen MR) is 99.6 cm³/mol. The average molecular weight is 332 g/mol. The van der Waals surface area contributed by atoms with E-state index in [-0.39, 0.29) is 0 Å². The molecule has 0 aliphatic carbocycles. The van der Waals surface area contributed by atoms with Crippen LogP contribution in [0.15, 0.2) is 72.8 Å². The van der Waals surface area contributed by atoms with E-state index in [4.69, 9.17) is 5.21 Å². The molecule has 0 saturated heterocycles. The Kier molecular flexibility index (Phi) is 5.11. The first kappa shape index (κ1) is 16.7. The zero-order valence-electron chi connectivity index (χ0n) is 14.0. The monoisotopic (exact) mass is 332 g/mol. The molecule has 25 heavy (non-hydrogen) atoms. The molecular weight excluding hydrogens is 312 g/mol. The summed E-state index contributed by atoms with van der Waals surface area (Å²) in [5.74, 6) is -0.514. The molecule has 3 N–H and O–H groups in total. The molecule has 4 heteroatoms. The Balaban J connectivity index is 1.72. The molecule has 1 amide bonds. The van der Waals surface area contributed by atoms with Gasteiger partial charge in [-0.05, 0) is 47.9 Å². The average Bonchev–Trinajstić information content (AvgIpc) is 2.67. The number of benzene rings is 3. The fourth-order valence-electron chi connectivity index (χ4n) is 2.60. The number of anilines is 1. The van der Waals surface area contributed by atoms with E-state index in [1.165, 1.54) is 11.1 Å². The van der Waals surface area contributed by atoms with E-state index in [2.05, 4.69) is 42.6 Å². The van der Waals surface area contributed by atoms with Gasteiger partial charge in [-0.2, -0.15) is 0 Å². The molecule has 0 atom stereocenters. The first-order chi connectivity index (χ1) is 12.2. The van der Waals surface area contributed by atoms with Crippen LogP contribution in [0.25, 0.3) is 11.1 Å². The molecule has 0 aliphatic rings. The smallest absolute Gasteiger partial charge is 0.274 e. The van der Waals surface area contributed by atoms with E-state index in [0.29, 0.717) is 5.56 Å². The topological polar surface area (TPSA) is 61.4 Å². The molecule has 3 aromatic rings. The van der Waals surface area contributed by atoms with Gasteiger partial charge in [0.1, 0.15) is 0 Å². The summed E-state index contributed by atoms with van der Waals surface area (Å²) in [4.78, 5) is 11.4. The first-order valence-electron chi connectivity index (χ1n) is 8.10. The SMILES string of the molecule is Cc1ccc(CNc2cccc(-c3ccc(C(=O)NO)cc3)c2)cc1. The Morgan fingerprint density at radius 2 is 1.64 bits per heavy atom. The van der Waals surface area contributed by atoms with Gasteiger partial charge in [-0.1, -0.05) is 54.1 Å². The van der Waals surface area contributed by atoms with Crippen LogP contribution in [-0.2, 0) is 6.54 Å². The summed E-state index contributed by atoms with van der Waals surface area (Å²) < 4.78 is 0. The highest BCUT2D eigenvalue weighted by atomic mass is 16.5. The minimum Gasteiger partial charge on any atom is -0.381 e. The van der Waals surface area contributed by atoms with Crippen LogP contribution in [0.2, 0.25) is 0 Å². The number of nitrogens with one attached hydrogen (secondary N) is 2. The summed E-state index contributed by atoms with van der Waals surface area (Å²) in [6.45, 7) is 2.84. The maximum Gasteiger partial charge on any atom is 0.274 e. The molecule has 0 aromatic heterocycles. The van der Waals surface area contributed by atoms with Gasteiger partial charge in [-0.15, -0.1) is 0 Å². The fraction of sp³-hybridized carbons (Fsp3) is 0.0952. The summed E-state index contributed by atoms with van der Waals surface area (Å²) in [6, 6.07) is 23.7. The molecule has 3 aromatic carbocycles. The lowest BCUT2D eigenvalue weighted by atomic mass is 10.0. The first-order valence-corrected chi connectivity index (χ1v) is 8.10. The molecule has 0 fully saturated rings. The minimum absolute atomic E-state index is 0.417. The Labute approximate surface area is 147 Å². The quantitative estimate of drug-likeness (QED) is 0.479. The van der Waals surface area contributed by atoms with Gasteiger partial charge in [-0.3, -0.25) is 10.0 Å². The maximum absolute atomic E-state index is 11.4. The van der Waals surface area contributed by atoms with Gasteiger partial charge in [0.05, 0.1) is 0 Å². The van der Waals surface area contributed by atoms with E-state index >= 15 is 0 Å². The van der Waals surface area contributed by atoms with Crippen LogP contribution in [0.4, 0.5) is 5.69 Å². The number of amides is 1. The molecule has 0 heterocycles. The zero-order chi connectivity index (χ0) is 17.6. The molecule has 126 valence electrons. The van der Waals surface area contributed by atoms with E-state index in [1.807, 2.05) is 30.3 Å². The number of hydrogen-bond donors (Lipinski definition) is 3. The fourth-order valence-corrected chi connectivity index (χ4v) is 2.60. The summed E-state index contributed by atoms with van der Waals surface area (Å²) in [7, 11) is 0. The van der Waals surface area contributed by atoms with Crippen molar-refractivity contribution in [2.45, 2.75) is 13.5 Å². The van der Waals surface area contributed by atoms with E-state index < -0.39 is 5.91 Å². The molecular formula is C21H20N2O2. The maximum atomic E-state index is 11.4. The van der Waals surface area contributed by atoms with Crippen molar-refractivity contribution in [1.29, 1.82) is 0 Å². The second-order valence-electron chi connectivity index (χ2n) is 5.94. The van der Waals surface area contributed by atoms with Crippen LogP contribution in [0.5, 0.6) is 0 Å². The molecule has 0 bridgehead atoms. The van der Waals surface area contributed by atoms with E-state index in [9.17, 15) is 4.79 Å². The highest BCUT2D eigenvalue weighted by Gasteiger charge is 2.05. The lowest BCUT2D eigenvalue weighted by Gasteiger charge is -2.09. The Morgan fingerprint density at radius 3 is 2.32 bits per heavy atom. The third-order valence-corrected chi connectivity index (χ3v) is 4.06. The van der Waals surface area contributed by atoms with Gasteiger partial charge in [0.2, 0.25) is 0 Å². The molecule has 0 unspecified atom stereocenters. The molecule has 0 aliphatic heterocycles. The Morgan fingerprint density at radius 1 is 0.920 bits per heavy atom. The highest BCUT2D eigenvalue weighted by molar-refractivity contribution is 5.93. The van der Waals surface area contributed by atoms with Gasteiger partial charge < -0.3 is 5.32 Å². The number of rotatable bonds is 5. The van der Waals surface area contributed by atoms with Crippen molar-refractivity contribution in [2.24, 2.45) is 0 Å². The summed E-state index contributed by atoms with van der Waals surface area (Å²) in [6.07, 6.45) is 0.